The fourth-order valence-electron chi connectivity index (χ4n) is 12.8. The van der Waals surface area contributed by atoms with Crippen LogP contribution in [-0.2, 0) is 23.1 Å². The van der Waals surface area contributed by atoms with E-state index in [2.05, 4.69) is 59.8 Å². The van der Waals surface area contributed by atoms with Crippen LogP contribution in [0.2, 0.25) is 0 Å². The summed E-state index contributed by atoms with van der Waals surface area (Å²) >= 11 is 0. The molecule has 0 saturated heterocycles. The van der Waals surface area contributed by atoms with Gasteiger partial charge in [0.15, 0.2) is 6.10 Å². The lowest BCUT2D eigenvalue weighted by Gasteiger charge is -2.59. The smallest absolute Gasteiger partial charge is 0.457 e. The Bertz CT molecular complexity index is 1420. The van der Waals surface area contributed by atoms with Crippen molar-refractivity contribution < 1.29 is 37.6 Å². The van der Waals surface area contributed by atoms with Crippen LogP contribution in [0.25, 0.3) is 0 Å². The number of rotatable bonds is 30. The summed E-state index contributed by atoms with van der Waals surface area (Å²) in [6.07, 6.45) is 33.7. The summed E-state index contributed by atoms with van der Waals surface area (Å²) in [6, 6.07) is 0. The number of nitrogens with zero attached hydrogens (tertiary/aromatic N) is 1. The van der Waals surface area contributed by atoms with Gasteiger partial charge in [-0.3, -0.25) is 13.8 Å². The molecule has 3 saturated carbocycles. The summed E-state index contributed by atoms with van der Waals surface area (Å²) in [5, 5.41) is 10.7. The monoisotopic (exact) mass is 891 g/mol. The zero-order chi connectivity index (χ0) is 45.4. The number of quaternary nitrogens is 1. The van der Waals surface area contributed by atoms with Gasteiger partial charge in [0.25, 0.3) is 0 Å². The third kappa shape index (κ3) is 16.1. The first-order chi connectivity index (χ1) is 29.4. The highest BCUT2D eigenvalue weighted by molar-refractivity contribution is 7.47. The molecule has 0 amide bonds. The van der Waals surface area contributed by atoms with Crippen LogP contribution in [0.5, 0.6) is 0 Å². The topological polar surface area (TPSA) is 102 Å². The van der Waals surface area contributed by atoms with Crippen molar-refractivity contribution in [2.24, 2.45) is 52.3 Å². The third-order valence-electron chi connectivity index (χ3n) is 16.6. The average molecular weight is 891 g/mol. The summed E-state index contributed by atoms with van der Waals surface area (Å²) in [5.41, 5.74) is 1.93. The van der Waals surface area contributed by atoms with Gasteiger partial charge in [0.2, 0.25) is 0 Å². The Hall–Kier alpha value is -1.02. The number of phosphoric acid groups is 1. The van der Waals surface area contributed by atoms with Gasteiger partial charge in [-0.05, 0) is 136 Å². The van der Waals surface area contributed by atoms with Crippen molar-refractivity contribution in [3.05, 3.63) is 23.8 Å². The molecule has 0 spiro atoms. The van der Waals surface area contributed by atoms with E-state index in [4.69, 9.17) is 13.8 Å². The van der Waals surface area contributed by atoms with Crippen LogP contribution in [0.15, 0.2) is 23.8 Å². The van der Waals surface area contributed by atoms with E-state index in [-0.39, 0.29) is 30.3 Å². The first-order valence-electron chi connectivity index (χ1n) is 26.0. The molecular weight excluding hydrogens is 794 g/mol. The lowest BCUT2D eigenvalue weighted by Crippen LogP contribution is -2.51. The van der Waals surface area contributed by atoms with Gasteiger partial charge in [-0.2, -0.15) is 0 Å². The van der Waals surface area contributed by atoms with Crippen LogP contribution < -0.4 is 0 Å². The molecule has 4 aliphatic carbocycles. The molecule has 4 aliphatic rings. The number of unbranched alkanes of at least 4 members (excludes halogenated alkanes) is 11. The van der Waals surface area contributed by atoms with E-state index in [1.54, 1.807) is 0 Å². The Morgan fingerprint density at radius 2 is 1.53 bits per heavy atom. The zero-order valence-electron chi connectivity index (χ0n) is 41.6. The molecule has 0 heterocycles. The van der Waals surface area contributed by atoms with Gasteiger partial charge >= 0.3 is 13.8 Å². The lowest BCUT2D eigenvalue weighted by atomic mass is 9.46. The molecule has 0 aliphatic heterocycles. The molecule has 0 aromatic rings. The van der Waals surface area contributed by atoms with Gasteiger partial charge in [-0.15, -0.1) is 0 Å². The minimum atomic E-state index is -4.53. The minimum Gasteiger partial charge on any atom is -0.457 e. The maximum absolute atomic E-state index is 13.6. The van der Waals surface area contributed by atoms with Crippen LogP contribution in [0.4, 0.5) is 0 Å². The van der Waals surface area contributed by atoms with Crippen LogP contribution in [0.1, 0.15) is 202 Å². The lowest BCUT2D eigenvalue weighted by molar-refractivity contribution is -0.870. The van der Waals surface area contributed by atoms with Crippen LogP contribution >= 0.6 is 7.82 Å². The number of hydrogen-bond acceptors (Lipinski definition) is 6. The maximum Gasteiger partial charge on any atom is 0.472 e. The molecule has 9 heteroatoms. The number of phosphoric ester groups is 1. The molecular formula is C53H97NO7P+. The van der Waals surface area contributed by atoms with Gasteiger partial charge in [0, 0.05) is 6.42 Å². The molecule has 0 aromatic carbocycles. The standard InChI is InChI=1S/C53H96NO7P/c1-10-11-12-13-14-15-16-17-18-19-20-21-22-23-24-28-50(56)60-49(40-55)51(61-62(57,58)59-38-37-54(7,8)9)43-33-35-52(5)44(39-43)29-30-45-47-32-31-46(42(4)27-25-26-41(2)3)53(47,6)36-34-48(45)52/h17-18,29,41-43,45-49,51,55H,10-16,19-28,30-40H2,1-9H3/p+1/b18-17-/t42-,43?,45?,46-,47?,48?,49?,51?,52+,53-/m1/s1. The minimum absolute atomic E-state index is 0.0533. The van der Waals surface area contributed by atoms with Crippen molar-refractivity contribution in [1.29, 1.82) is 0 Å². The van der Waals surface area contributed by atoms with Crippen molar-refractivity contribution in [3.63, 3.8) is 0 Å². The Balaban J connectivity index is 1.34. The molecule has 7 unspecified atom stereocenters. The predicted molar refractivity (Wildman–Crippen MR) is 257 cm³/mol. The summed E-state index contributed by atoms with van der Waals surface area (Å²) in [4.78, 5) is 24.4. The Labute approximate surface area is 381 Å². The number of esters is 1. The number of aliphatic hydroxyl groups is 1. The number of allylic oxidation sites excluding steroid dienone is 4. The van der Waals surface area contributed by atoms with E-state index >= 15 is 0 Å². The number of ether oxygens (including phenoxy) is 1. The second-order valence-electron chi connectivity index (χ2n) is 22.7. The van der Waals surface area contributed by atoms with E-state index in [0.29, 0.717) is 34.7 Å². The van der Waals surface area contributed by atoms with E-state index in [1.165, 1.54) is 95.5 Å². The second-order valence-corrected chi connectivity index (χ2v) is 24.1. The SMILES string of the molecule is CCCCCCCC/C=C\CCCCCCCC(=O)OC(CO)C(OP(=O)(O)OCC[N+](C)(C)C)C1CC[C@@]2(C)C(=CCC3C2CC[C@@]2(C)C3CC[C@@H]2[C@H](C)CCCC(C)C)C1. The van der Waals surface area contributed by atoms with Crippen molar-refractivity contribution in [2.75, 3.05) is 40.9 Å². The van der Waals surface area contributed by atoms with Gasteiger partial charge in [0.1, 0.15) is 19.3 Å². The Morgan fingerprint density at radius 3 is 2.18 bits per heavy atom. The molecule has 2 N–H and O–H groups in total. The number of carbonyl (C=O) groups excluding carboxylic acids is 1. The number of likely N-dealkylation sites (N-methyl/N-ethyl adjacent to an activating group) is 1. The van der Waals surface area contributed by atoms with Crippen molar-refractivity contribution in [3.8, 4) is 0 Å². The second kappa shape index (κ2) is 25.8. The molecule has 4 rings (SSSR count). The molecule has 3 fully saturated rings. The first kappa shape index (κ1) is 53.6. The molecule has 8 nitrogen and oxygen atoms in total. The molecule has 11 atom stereocenters. The van der Waals surface area contributed by atoms with Crippen LogP contribution in [0, 0.1) is 52.3 Å². The van der Waals surface area contributed by atoms with Gasteiger partial charge < -0.3 is 19.2 Å². The Kier molecular flexibility index (Phi) is 22.3. The van der Waals surface area contributed by atoms with E-state index in [1.807, 2.05) is 21.1 Å². The zero-order valence-corrected chi connectivity index (χ0v) is 42.5. The maximum atomic E-state index is 13.6. The quantitative estimate of drug-likeness (QED) is 0.0243. The molecule has 0 radical (unpaired) electrons. The highest BCUT2D eigenvalue weighted by Gasteiger charge is 2.59. The van der Waals surface area contributed by atoms with E-state index in [9.17, 15) is 19.4 Å². The van der Waals surface area contributed by atoms with E-state index in [0.717, 1.165) is 81.5 Å². The molecule has 62 heavy (non-hydrogen) atoms. The largest absolute Gasteiger partial charge is 0.472 e. The third-order valence-corrected chi connectivity index (χ3v) is 17.6. The molecule has 360 valence electrons. The van der Waals surface area contributed by atoms with Gasteiger partial charge in [-0.25, -0.2) is 4.57 Å². The summed E-state index contributed by atoms with van der Waals surface area (Å²) in [7, 11) is 1.48. The molecule has 0 bridgehead atoms. The van der Waals surface area contributed by atoms with Crippen LogP contribution in [0.3, 0.4) is 0 Å². The fraction of sp³-hybridized carbons (Fsp3) is 0.906. The number of carbonyl (C=O) groups is 1. The Morgan fingerprint density at radius 1 is 0.871 bits per heavy atom. The first-order valence-corrected chi connectivity index (χ1v) is 27.5. The summed E-state index contributed by atoms with van der Waals surface area (Å²) in [5.74, 6) is 3.92. The number of aliphatic hydroxyl groups excluding tert-OH is 1. The van der Waals surface area contributed by atoms with Gasteiger partial charge in [0.05, 0.1) is 27.7 Å². The number of fused-ring (bicyclic) bond motifs is 5. The highest BCUT2D eigenvalue weighted by Crippen LogP contribution is 2.68. The van der Waals surface area contributed by atoms with Crippen molar-refractivity contribution in [1.82, 2.24) is 0 Å². The summed E-state index contributed by atoms with van der Waals surface area (Å²) in [6.45, 7) is 14.7. The summed E-state index contributed by atoms with van der Waals surface area (Å²) < 4.78 is 31.7. The van der Waals surface area contributed by atoms with Gasteiger partial charge in [-0.1, -0.05) is 136 Å². The van der Waals surface area contributed by atoms with Crippen LogP contribution in [-0.4, -0.2) is 73.6 Å². The van der Waals surface area contributed by atoms with Crippen molar-refractivity contribution >= 4 is 13.8 Å². The fourth-order valence-corrected chi connectivity index (χ4v) is 13.8. The van der Waals surface area contributed by atoms with Crippen molar-refractivity contribution in [2.45, 2.75) is 214 Å². The highest BCUT2D eigenvalue weighted by atomic mass is 31.2. The predicted octanol–water partition coefficient (Wildman–Crippen LogP) is 13.8. The molecule has 0 aromatic heterocycles. The normalized spacial score (nSPS) is 30.0. The van der Waals surface area contributed by atoms with E-state index < -0.39 is 26.6 Å². The number of hydrogen-bond donors (Lipinski definition) is 2. The average Bonchev–Trinajstić information content (AvgIpc) is 3.57.